The SMILES string of the molecule is CC(N)COc1ccnc2ccc(N)cc12. The quantitative estimate of drug-likeness (QED) is 0.765. The molecule has 2 rings (SSSR count). The van der Waals surface area contributed by atoms with Gasteiger partial charge in [0.1, 0.15) is 12.4 Å². The molecule has 0 fully saturated rings. The Labute approximate surface area is 94.2 Å². The molecule has 0 spiro atoms. The summed E-state index contributed by atoms with van der Waals surface area (Å²) in [5.41, 5.74) is 13.0. The van der Waals surface area contributed by atoms with Gasteiger partial charge in [-0.2, -0.15) is 0 Å². The lowest BCUT2D eigenvalue weighted by Gasteiger charge is -2.11. The van der Waals surface area contributed by atoms with Gasteiger partial charge in [0.2, 0.25) is 0 Å². The lowest BCUT2D eigenvalue weighted by molar-refractivity contribution is 0.299. The van der Waals surface area contributed by atoms with E-state index in [0.717, 1.165) is 16.7 Å². The molecule has 1 aromatic carbocycles. The standard InChI is InChI=1S/C12H15N3O/c1-8(13)7-16-12-4-5-15-11-3-2-9(14)6-10(11)12/h2-6,8H,7,13-14H2,1H3. The topological polar surface area (TPSA) is 74.2 Å². The zero-order chi connectivity index (χ0) is 11.5. The predicted octanol–water partition coefficient (Wildman–Crippen LogP) is 1.54. The number of pyridine rings is 1. The number of aromatic nitrogens is 1. The largest absolute Gasteiger partial charge is 0.491 e. The van der Waals surface area contributed by atoms with Crippen LogP contribution in [-0.4, -0.2) is 17.6 Å². The van der Waals surface area contributed by atoms with Crippen LogP contribution in [0.4, 0.5) is 5.69 Å². The molecule has 4 nitrogen and oxygen atoms in total. The van der Waals surface area contributed by atoms with Gasteiger partial charge in [0.15, 0.2) is 0 Å². The van der Waals surface area contributed by atoms with Gasteiger partial charge in [-0.15, -0.1) is 0 Å². The summed E-state index contributed by atoms with van der Waals surface area (Å²) in [4.78, 5) is 4.24. The minimum absolute atomic E-state index is 0.00396. The highest BCUT2D eigenvalue weighted by molar-refractivity contribution is 5.87. The number of nitrogen functional groups attached to an aromatic ring is 1. The lowest BCUT2D eigenvalue weighted by atomic mass is 10.2. The summed E-state index contributed by atoms with van der Waals surface area (Å²) in [7, 11) is 0. The maximum absolute atomic E-state index is 5.74. The molecule has 0 aliphatic rings. The third-order valence-electron chi connectivity index (χ3n) is 2.23. The van der Waals surface area contributed by atoms with Gasteiger partial charge < -0.3 is 16.2 Å². The van der Waals surface area contributed by atoms with Crippen molar-refractivity contribution in [2.45, 2.75) is 13.0 Å². The normalized spacial score (nSPS) is 12.6. The molecule has 4 N–H and O–H groups in total. The van der Waals surface area contributed by atoms with Crippen LogP contribution in [0.15, 0.2) is 30.5 Å². The maximum Gasteiger partial charge on any atom is 0.130 e. The van der Waals surface area contributed by atoms with Crippen molar-refractivity contribution in [2.24, 2.45) is 5.73 Å². The Morgan fingerprint density at radius 3 is 2.94 bits per heavy atom. The van der Waals surface area contributed by atoms with Crippen LogP contribution in [0.5, 0.6) is 5.75 Å². The first kappa shape index (κ1) is 10.7. The number of fused-ring (bicyclic) bond motifs is 1. The van der Waals surface area contributed by atoms with Crippen molar-refractivity contribution >= 4 is 16.6 Å². The molecule has 84 valence electrons. The molecule has 0 aliphatic carbocycles. The molecular weight excluding hydrogens is 202 g/mol. The Balaban J connectivity index is 2.40. The summed E-state index contributed by atoms with van der Waals surface area (Å²) in [6, 6.07) is 7.39. The van der Waals surface area contributed by atoms with Gasteiger partial charge >= 0.3 is 0 Å². The van der Waals surface area contributed by atoms with Crippen LogP contribution in [0.1, 0.15) is 6.92 Å². The molecule has 16 heavy (non-hydrogen) atoms. The molecule has 0 radical (unpaired) electrons. The fourth-order valence-corrected chi connectivity index (χ4v) is 1.49. The van der Waals surface area contributed by atoms with Crippen LogP contribution in [0, 0.1) is 0 Å². The first-order chi connectivity index (χ1) is 7.66. The highest BCUT2D eigenvalue weighted by Gasteiger charge is 2.04. The van der Waals surface area contributed by atoms with Crippen LogP contribution < -0.4 is 16.2 Å². The summed E-state index contributed by atoms with van der Waals surface area (Å²) < 4.78 is 5.62. The summed E-state index contributed by atoms with van der Waals surface area (Å²) >= 11 is 0. The second-order valence-electron chi connectivity index (χ2n) is 3.87. The number of rotatable bonds is 3. The van der Waals surface area contributed by atoms with Gasteiger partial charge in [-0.05, 0) is 31.2 Å². The van der Waals surface area contributed by atoms with E-state index < -0.39 is 0 Å². The minimum Gasteiger partial charge on any atom is -0.491 e. The van der Waals surface area contributed by atoms with Crippen molar-refractivity contribution in [3.8, 4) is 5.75 Å². The second kappa shape index (κ2) is 4.37. The van der Waals surface area contributed by atoms with Gasteiger partial charge in [0.25, 0.3) is 0 Å². The number of nitrogens with two attached hydrogens (primary N) is 2. The Morgan fingerprint density at radius 2 is 2.19 bits per heavy atom. The van der Waals surface area contributed by atoms with Crippen molar-refractivity contribution in [3.63, 3.8) is 0 Å². The highest BCUT2D eigenvalue weighted by atomic mass is 16.5. The van der Waals surface area contributed by atoms with Crippen molar-refractivity contribution in [1.82, 2.24) is 4.98 Å². The van der Waals surface area contributed by atoms with Crippen molar-refractivity contribution < 1.29 is 4.74 Å². The van der Waals surface area contributed by atoms with E-state index in [1.165, 1.54) is 0 Å². The predicted molar refractivity (Wildman–Crippen MR) is 65.3 cm³/mol. The Morgan fingerprint density at radius 1 is 1.38 bits per heavy atom. The average Bonchev–Trinajstić information content (AvgIpc) is 2.26. The van der Waals surface area contributed by atoms with Gasteiger partial charge in [0, 0.05) is 23.3 Å². The van der Waals surface area contributed by atoms with Gasteiger partial charge in [0.05, 0.1) is 5.52 Å². The van der Waals surface area contributed by atoms with Crippen LogP contribution >= 0.6 is 0 Å². The molecule has 1 unspecified atom stereocenters. The van der Waals surface area contributed by atoms with E-state index in [0.29, 0.717) is 12.3 Å². The lowest BCUT2D eigenvalue weighted by Crippen LogP contribution is -2.23. The number of anilines is 1. The van der Waals surface area contributed by atoms with E-state index in [-0.39, 0.29) is 6.04 Å². The van der Waals surface area contributed by atoms with Crippen LogP contribution in [0.2, 0.25) is 0 Å². The third kappa shape index (κ3) is 2.23. The molecule has 0 saturated carbocycles. The fraction of sp³-hybridized carbons (Fsp3) is 0.250. The van der Waals surface area contributed by atoms with Crippen LogP contribution in [-0.2, 0) is 0 Å². The summed E-state index contributed by atoms with van der Waals surface area (Å²) in [5, 5.41) is 0.920. The zero-order valence-electron chi connectivity index (χ0n) is 9.18. The van der Waals surface area contributed by atoms with E-state index in [1.807, 2.05) is 31.2 Å². The van der Waals surface area contributed by atoms with E-state index in [9.17, 15) is 0 Å². The van der Waals surface area contributed by atoms with Crippen LogP contribution in [0.25, 0.3) is 10.9 Å². The summed E-state index contributed by atoms with van der Waals surface area (Å²) in [6.07, 6.45) is 1.72. The smallest absolute Gasteiger partial charge is 0.130 e. The molecule has 0 bridgehead atoms. The van der Waals surface area contributed by atoms with Crippen molar-refractivity contribution in [2.75, 3.05) is 12.3 Å². The maximum atomic E-state index is 5.74. The first-order valence-electron chi connectivity index (χ1n) is 5.19. The number of hydrogen-bond acceptors (Lipinski definition) is 4. The Bertz CT molecular complexity index is 497. The molecular formula is C12H15N3O. The van der Waals surface area contributed by atoms with Gasteiger partial charge in [-0.25, -0.2) is 0 Å². The number of hydrogen-bond donors (Lipinski definition) is 2. The van der Waals surface area contributed by atoms with Crippen LogP contribution in [0.3, 0.4) is 0 Å². The second-order valence-corrected chi connectivity index (χ2v) is 3.87. The highest BCUT2D eigenvalue weighted by Crippen LogP contribution is 2.25. The average molecular weight is 217 g/mol. The minimum atomic E-state index is 0.00396. The number of ether oxygens (including phenoxy) is 1. The fourth-order valence-electron chi connectivity index (χ4n) is 1.49. The molecule has 1 aromatic heterocycles. The summed E-state index contributed by atoms with van der Waals surface area (Å²) in [6.45, 7) is 2.38. The molecule has 1 heterocycles. The monoisotopic (exact) mass is 217 g/mol. The van der Waals surface area contributed by atoms with Crippen molar-refractivity contribution in [1.29, 1.82) is 0 Å². The summed E-state index contributed by atoms with van der Waals surface area (Å²) in [5.74, 6) is 0.773. The van der Waals surface area contributed by atoms with E-state index in [1.54, 1.807) is 6.20 Å². The molecule has 2 aromatic rings. The van der Waals surface area contributed by atoms with E-state index in [4.69, 9.17) is 16.2 Å². The third-order valence-corrected chi connectivity index (χ3v) is 2.23. The van der Waals surface area contributed by atoms with E-state index >= 15 is 0 Å². The number of nitrogens with zero attached hydrogens (tertiary/aromatic N) is 1. The Kier molecular flexibility index (Phi) is 2.92. The molecule has 4 heteroatoms. The zero-order valence-corrected chi connectivity index (χ0v) is 9.18. The van der Waals surface area contributed by atoms with Crippen molar-refractivity contribution in [3.05, 3.63) is 30.5 Å². The first-order valence-corrected chi connectivity index (χ1v) is 5.19. The van der Waals surface area contributed by atoms with E-state index in [2.05, 4.69) is 4.98 Å². The molecule has 0 aliphatic heterocycles. The van der Waals surface area contributed by atoms with Gasteiger partial charge in [-0.1, -0.05) is 0 Å². The van der Waals surface area contributed by atoms with Gasteiger partial charge in [-0.3, -0.25) is 4.98 Å². The Hall–Kier alpha value is -1.81. The molecule has 0 amide bonds. The molecule has 0 saturated heterocycles. The molecule has 1 atom stereocenters. The number of benzene rings is 1.